The number of carbonyl (C=O) groups is 2. The molecule has 8 nitrogen and oxygen atoms in total. The zero-order chi connectivity index (χ0) is 22.1. The van der Waals surface area contributed by atoms with Crippen molar-refractivity contribution in [3.8, 4) is 0 Å². The van der Waals surface area contributed by atoms with Gasteiger partial charge in [0.1, 0.15) is 0 Å². The zero-order valence-corrected chi connectivity index (χ0v) is 17.4. The molecule has 0 unspecified atom stereocenters. The number of pyridine rings is 1. The molecule has 0 atom stereocenters. The van der Waals surface area contributed by atoms with E-state index >= 15 is 0 Å². The maximum absolute atomic E-state index is 12.4. The fraction of sp³-hybridized carbons (Fsp3) is 0.217. The van der Waals surface area contributed by atoms with Crippen molar-refractivity contribution in [3.63, 3.8) is 0 Å². The number of rotatable bonds is 7. The maximum Gasteiger partial charge on any atom is 0.248 e. The predicted molar refractivity (Wildman–Crippen MR) is 123 cm³/mol. The number of benzene rings is 1. The van der Waals surface area contributed by atoms with Crippen LogP contribution in [0.15, 0.2) is 60.0 Å². The Bertz CT molecular complexity index is 1010. The molecule has 1 aliphatic rings. The highest BCUT2D eigenvalue weighted by atomic mass is 16.2. The third-order valence-corrected chi connectivity index (χ3v) is 4.77. The van der Waals surface area contributed by atoms with Crippen LogP contribution in [0.2, 0.25) is 0 Å². The first-order valence-corrected chi connectivity index (χ1v) is 9.94. The SMILES string of the molecule is CN=CC(=CN)c1ccncc1/C=C/C(=O)Nc1ccc(CN2CCNC(=O)C2)cc1. The standard InChI is InChI=1S/C23H26N6O2/c1-25-13-19(12-24)21-8-9-26-14-18(21)4-7-22(30)28-20-5-2-17(3-6-20)15-29-11-10-27-23(31)16-29/h2-9,12-14H,10-11,15-16,24H2,1H3,(H,27,31)(H,28,30)/b7-4+,19-12?,25-13?. The Labute approximate surface area is 181 Å². The average Bonchev–Trinajstić information content (AvgIpc) is 2.78. The molecule has 0 radical (unpaired) electrons. The van der Waals surface area contributed by atoms with Crippen molar-refractivity contribution >= 4 is 35.4 Å². The molecule has 0 bridgehead atoms. The lowest BCUT2D eigenvalue weighted by Crippen LogP contribution is -2.47. The predicted octanol–water partition coefficient (Wildman–Crippen LogP) is 1.67. The topological polar surface area (TPSA) is 113 Å². The number of anilines is 1. The largest absolute Gasteiger partial charge is 0.404 e. The second-order valence-corrected chi connectivity index (χ2v) is 7.05. The van der Waals surface area contributed by atoms with Crippen molar-refractivity contribution in [2.45, 2.75) is 6.54 Å². The third kappa shape index (κ3) is 6.35. The van der Waals surface area contributed by atoms with Gasteiger partial charge in [-0.3, -0.25) is 24.5 Å². The molecule has 4 N–H and O–H groups in total. The number of piperazine rings is 1. The molecule has 1 saturated heterocycles. The minimum absolute atomic E-state index is 0.0507. The average molecular weight is 419 g/mol. The van der Waals surface area contributed by atoms with Gasteiger partial charge in [-0.1, -0.05) is 12.1 Å². The second kappa shape index (κ2) is 10.8. The number of aromatic nitrogens is 1. The summed E-state index contributed by atoms with van der Waals surface area (Å²) in [6, 6.07) is 9.44. The van der Waals surface area contributed by atoms with Gasteiger partial charge in [0, 0.05) is 74.4 Å². The van der Waals surface area contributed by atoms with Crippen LogP contribution in [0, 0.1) is 0 Å². The van der Waals surface area contributed by atoms with Gasteiger partial charge in [0.05, 0.1) is 6.54 Å². The van der Waals surface area contributed by atoms with Gasteiger partial charge in [0.15, 0.2) is 0 Å². The van der Waals surface area contributed by atoms with E-state index in [4.69, 9.17) is 5.73 Å². The smallest absolute Gasteiger partial charge is 0.248 e. The van der Waals surface area contributed by atoms with Crippen LogP contribution in [0.5, 0.6) is 0 Å². The van der Waals surface area contributed by atoms with E-state index in [1.807, 2.05) is 30.3 Å². The minimum atomic E-state index is -0.252. The summed E-state index contributed by atoms with van der Waals surface area (Å²) < 4.78 is 0. The summed E-state index contributed by atoms with van der Waals surface area (Å²) in [7, 11) is 1.67. The molecule has 0 aliphatic carbocycles. The van der Waals surface area contributed by atoms with E-state index in [0.717, 1.165) is 28.8 Å². The van der Waals surface area contributed by atoms with Crippen LogP contribution in [-0.2, 0) is 16.1 Å². The maximum atomic E-state index is 12.4. The number of hydrogen-bond acceptors (Lipinski definition) is 6. The Kier molecular flexibility index (Phi) is 7.67. The number of allylic oxidation sites excluding steroid dienone is 1. The molecule has 2 heterocycles. The normalized spacial score (nSPS) is 15.4. The third-order valence-electron chi connectivity index (χ3n) is 4.77. The fourth-order valence-corrected chi connectivity index (χ4v) is 3.27. The lowest BCUT2D eigenvalue weighted by atomic mass is 10.0. The molecule has 2 aromatic rings. The summed E-state index contributed by atoms with van der Waals surface area (Å²) in [5, 5.41) is 5.67. The van der Waals surface area contributed by atoms with Gasteiger partial charge in [-0.2, -0.15) is 0 Å². The van der Waals surface area contributed by atoms with Crippen LogP contribution in [0.3, 0.4) is 0 Å². The van der Waals surface area contributed by atoms with E-state index < -0.39 is 0 Å². The number of carbonyl (C=O) groups excluding carboxylic acids is 2. The number of hydrogen-bond donors (Lipinski definition) is 3. The van der Waals surface area contributed by atoms with Crippen molar-refractivity contribution in [2.24, 2.45) is 10.7 Å². The highest BCUT2D eigenvalue weighted by molar-refractivity contribution is 6.11. The van der Waals surface area contributed by atoms with Gasteiger partial charge in [-0.05, 0) is 35.4 Å². The van der Waals surface area contributed by atoms with Crippen molar-refractivity contribution < 1.29 is 9.59 Å². The Hall–Kier alpha value is -3.78. The molecular formula is C23H26N6O2. The van der Waals surface area contributed by atoms with Crippen LogP contribution in [0.4, 0.5) is 5.69 Å². The Morgan fingerprint density at radius 1 is 1.32 bits per heavy atom. The van der Waals surface area contributed by atoms with Crippen molar-refractivity contribution in [1.29, 1.82) is 0 Å². The fourth-order valence-electron chi connectivity index (χ4n) is 3.27. The summed E-state index contributed by atoms with van der Waals surface area (Å²) in [5.74, 6) is -0.201. The van der Waals surface area contributed by atoms with Crippen LogP contribution in [-0.4, -0.2) is 54.6 Å². The van der Waals surface area contributed by atoms with E-state index in [1.54, 1.807) is 31.7 Å². The monoisotopic (exact) mass is 418 g/mol. The van der Waals surface area contributed by atoms with Gasteiger partial charge in [-0.25, -0.2) is 0 Å². The van der Waals surface area contributed by atoms with Crippen molar-refractivity contribution in [1.82, 2.24) is 15.2 Å². The van der Waals surface area contributed by atoms with Gasteiger partial charge in [0.2, 0.25) is 11.8 Å². The molecule has 31 heavy (non-hydrogen) atoms. The van der Waals surface area contributed by atoms with E-state index in [0.29, 0.717) is 25.3 Å². The lowest BCUT2D eigenvalue weighted by molar-refractivity contribution is -0.124. The lowest BCUT2D eigenvalue weighted by Gasteiger charge is -2.26. The summed E-state index contributed by atoms with van der Waals surface area (Å²) in [5.41, 5.74) is 9.82. The van der Waals surface area contributed by atoms with Crippen molar-refractivity contribution in [2.75, 3.05) is 32.0 Å². The number of nitrogens with zero attached hydrogens (tertiary/aromatic N) is 3. The van der Waals surface area contributed by atoms with E-state index in [2.05, 4.69) is 25.5 Å². The first-order chi connectivity index (χ1) is 15.1. The molecule has 1 aliphatic heterocycles. The summed E-state index contributed by atoms with van der Waals surface area (Å²) in [6.45, 7) is 2.61. The van der Waals surface area contributed by atoms with E-state index in [-0.39, 0.29) is 11.8 Å². The number of nitrogens with one attached hydrogen (secondary N) is 2. The number of aliphatic imine (C=N–C) groups is 1. The molecule has 160 valence electrons. The van der Waals surface area contributed by atoms with Gasteiger partial charge in [-0.15, -0.1) is 0 Å². The molecule has 1 aromatic carbocycles. The van der Waals surface area contributed by atoms with Crippen LogP contribution >= 0.6 is 0 Å². The van der Waals surface area contributed by atoms with Gasteiger partial charge in [0.25, 0.3) is 0 Å². The highest BCUT2D eigenvalue weighted by Gasteiger charge is 2.15. The second-order valence-electron chi connectivity index (χ2n) is 7.05. The molecule has 0 saturated carbocycles. The molecule has 0 spiro atoms. The van der Waals surface area contributed by atoms with E-state index in [9.17, 15) is 9.59 Å². The first kappa shape index (κ1) is 21.9. The summed E-state index contributed by atoms with van der Waals surface area (Å²) >= 11 is 0. The van der Waals surface area contributed by atoms with Gasteiger partial charge < -0.3 is 16.4 Å². The molecule has 8 heteroatoms. The summed E-state index contributed by atoms with van der Waals surface area (Å²) in [6.07, 6.45) is 9.61. The van der Waals surface area contributed by atoms with Crippen molar-refractivity contribution in [3.05, 3.63) is 71.7 Å². The van der Waals surface area contributed by atoms with Crippen LogP contribution in [0.25, 0.3) is 11.6 Å². The first-order valence-electron chi connectivity index (χ1n) is 9.94. The van der Waals surface area contributed by atoms with Crippen LogP contribution < -0.4 is 16.4 Å². The molecule has 1 fully saturated rings. The zero-order valence-electron chi connectivity index (χ0n) is 17.4. The van der Waals surface area contributed by atoms with Crippen LogP contribution in [0.1, 0.15) is 16.7 Å². The number of nitrogens with two attached hydrogens (primary N) is 1. The molecule has 1 aromatic heterocycles. The van der Waals surface area contributed by atoms with E-state index in [1.165, 1.54) is 12.3 Å². The molecular weight excluding hydrogens is 392 g/mol. The summed E-state index contributed by atoms with van der Waals surface area (Å²) in [4.78, 5) is 34.1. The Morgan fingerprint density at radius 2 is 2.13 bits per heavy atom. The molecule has 3 rings (SSSR count). The number of amides is 2. The minimum Gasteiger partial charge on any atom is -0.404 e. The highest BCUT2D eigenvalue weighted by Crippen LogP contribution is 2.18. The Morgan fingerprint density at radius 3 is 2.84 bits per heavy atom. The Balaban J connectivity index is 1.61. The van der Waals surface area contributed by atoms with Gasteiger partial charge >= 0.3 is 0 Å². The molecule has 2 amide bonds. The quantitative estimate of drug-likeness (QED) is 0.468.